The topological polar surface area (TPSA) is 137 Å². The maximum Gasteiger partial charge on any atom is 0.405 e. The van der Waals surface area contributed by atoms with E-state index < -0.39 is 18.6 Å². The summed E-state index contributed by atoms with van der Waals surface area (Å²) in [5.41, 5.74) is 9.44. The van der Waals surface area contributed by atoms with Crippen molar-refractivity contribution in [3.63, 3.8) is 0 Å². The summed E-state index contributed by atoms with van der Waals surface area (Å²) in [5.74, 6) is -1.09. The third-order valence-electron chi connectivity index (χ3n) is 5.46. The van der Waals surface area contributed by atoms with E-state index in [-0.39, 0.29) is 23.0 Å². The van der Waals surface area contributed by atoms with Crippen molar-refractivity contribution in [2.45, 2.75) is 13.1 Å². The highest BCUT2D eigenvalue weighted by Crippen LogP contribution is 2.39. The lowest BCUT2D eigenvalue weighted by atomic mass is 9.98. The van der Waals surface area contributed by atoms with E-state index in [1.807, 2.05) is 5.32 Å². The minimum atomic E-state index is -4.56. The monoisotopic (exact) mass is 525 g/mol. The van der Waals surface area contributed by atoms with E-state index in [0.29, 0.717) is 39.2 Å². The summed E-state index contributed by atoms with van der Waals surface area (Å²) in [4.78, 5) is 28.4. The number of halogens is 3. The quantitative estimate of drug-likeness (QED) is 0.312. The first-order chi connectivity index (χ1) is 18.0. The van der Waals surface area contributed by atoms with Gasteiger partial charge >= 0.3 is 6.18 Å². The summed E-state index contributed by atoms with van der Waals surface area (Å²) >= 11 is 0. The molecule has 0 atom stereocenters. The standard InChI is InChI=1S/C25H22F3N7O3/c1-13(2)23(36)33-16-7-4-14(5-8-16)20-19(21-22(29)31-12-32-35(21)34-20)15-6-9-17(18(10-15)38-3)24(37)30-11-25(26,27)28/h4-10,12H,1,11H2,2-3H3,(H,30,37)(H,33,36)(H2,29,31,32). The van der Waals surface area contributed by atoms with Crippen molar-refractivity contribution in [2.75, 3.05) is 24.7 Å². The number of anilines is 2. The van der Waals surface area contributed by atoms with Gasteiger partial charge in [-0.2, -0.15) is 13.2 Å². The van der Waals surface area contributed by atoms with Gasteiger partial charge in [-0.05, 0) is 36.8 Å². The lowest BCUT2D eigenvalue weighted by molar-refractivity contribution is -0.123. The van der Waals surface area contributed by atoms with Gasteiger partial charge in [-0.1, -0.05) is 24.8 Å². The number of carbonyl (C=O) groups excluding carboxylic acids is 2. The molecule has 38 heavy (non-hydrogen) atoms. The van der Waals surface area contributed by atoms with Gasteiger partial charge in [-0.25, -0.2) is 4.98 Å². The van der Waals surface area contributed by atoms with Crippen LogP contribution >= 0.6 is 0 Å². The molecule has 0 aliphatic heterocycles. The second kappa shape index (κ2) is 10.2. The van der Waals surface area contributed by atoms with Crippen LogP contribution in [0.5, 0.6) is 5.75 Å². The molecule has 196 valence electrons. The van der Waals surface area contributed by atoms with Crippen molar-refractivity contribution in [3.05, 3.63) is 66.5 Å². The molecule has 2 amide bonds. The number of fused-ring (bicyclic) bond motifs is 1. The van der Waals surface area contributed by atoms with E-state index in [1.54, 1.807) is 37.3 Å². The van der Waals surface area contributed by atoms with Crippen LogP contribution in [0.3, 0.4) is 0 Å². The molecule has 0 aliphatic rings. The number of rotatable bonds is 7. The average molecular weight is 525 g/mol. The molecule has 4 aromatic rings. The molecule has 2 aromatic carbocycles. The molecular weight excluding hydrogens is 503 g/mol. The normalized spacial score (nSPS) is 11.3. The van der Waals surface area contributed by atoms with Crippen molar-refractivity contribution in [1.82, 2.24) is 25.1 Å². The highest BCUT2D eigenvalue weighted by Gasteiger charge is 2.29. The van der Waals surface area contributed by atoms with Crippen molar-refractivity contribution in [1.29, 1.82) is 0 Å². The number of hydrogen-bond acceptors (Lipinski definition) is 7. The maximum absolute atomic E-state index is 12.6. The van der Waals surface area contributed by atoms with Crippen LogP contribution < -0.4 is 21.1 Å². The SMILES string of the molecule is C=C(C)C(=O)Nc1ccc(-c2nn3ncnc(N)c3c2-c2ccc(C(=O)NCC(F)(F)F)c(OC)c2)cc1. The molecule has 0 saturated carbocycles. The van der Waals surface area contributed by atoms with Crippen LogP contribution in [-0.4, -0.2) is 51.5 Å². The molecule has 10 nitrogen and oxygen atoms in total. The largest absolute Gasteiger partial charge is 0.496 e. The molecule has 2 aromatic heterocycles. The Balaban J connectivity index is 1.79. The molecule has 0 spiro atoms. The first kappa shape index (κ1) is 26.1. The molecule has 0 aliphatic carbocycles. The number of nitrogens with two attached hydrogens (primary N) is 1. The summed E-state index contributed by atoms with van der Waals surface area (Å²) in [6, 6.07) is 11.2. The Morgan fingerprint density at radius 1 is 1.13 bits per heavy atom. The average Bonchev–Trinajstić information content (AvgIpc) is 3.27. The zero-order valence-corrected chi connectivity index (χ0v) is 20.3. The van der Waals surface area contributed by atoms with E-state index in [0.717, 1.165) is 0 Å². The molecular formula is C25H22F3N7O3. The van der Waals surface area contributed by atoms with Gasteiger partial charge in [0.25, 0.3) is 11.8 Å². The number of benzene rings is 2. The molecule has 4 rings (SSSR count). The predicted molar refractivity (Wildman–Crippen MR) is 134 cm³/mol. The van der Waals surface area contributed by atoms with Gasteiger partial charge in [0, 0.05) is 22.4 Å². The Labute approximate surface area is 214 Å². The highest BCUT2D eigenvalue weighted by atomic mass is 19.4. The number of amides is 2. The minimum absolute atomic E-state index is 0.0424. The molecule has 0 bridgehead atoms. The first-order valence-electron chi connectivity index (χ1n) is 11.1. The number of hydrogen-bond donors (Lipinski definition) is 3. The fourth-order valence-corrected chi connectivity index (χ4v) is 3.65. The molecule has 0 fully saturated rings. The number of nitrogen functional groups attached to an aromatic ring is 1. The van der Waals surface area contributed by atoms with Crippen LogP contribution in [0, 0.1) is 0 Å². The van der Waals surface area contributed by atoms with Crippen LogP contribution in [0.4, 0.5) is 24.7 Å². The Kier molecular flexibility index (Phi) is 7.02. The summed E-state index contributed by atoms with van der Waals surface area (Å²) in [6.07, 6.45) is -3.32. The maximum atomic E-state index is 12.6. The highest BCUT2D eigenvalue weighted by molar-refractivity contribution is 6.03. The van der Waals surface area contributed by atoms with Crippen LogP contribution in [0.15, 0.2) is 60.9 Å². The van der Waals surface area contributed by atoms with Crippen LogP contribution in [0.2, 0.25) is 0 Å². The molecule has 4 N–H and O–H groups in total. The lowest BCUT2D eigenvalue weighted by Crippen LogP contribution is -2.33. The second-order valence-electron chi connectivity index (χ2n) is 8.23. The van der Waals surface area contributed by atoms with Crippen molar-refractivity contribution in [2.24, 2.45) is 0 Å². The van der Waals surface area contributed by atoms with Gasteiger partial charge in [0.2, 0.25) is 0 Å². The van der Waals surface area contributed by atoms with Gasteiger partial charge in [0.15, 0.2) is 5.82 Å². The summed E-state index contributed by atoms with van der Waals surface area (Å²) in [5, 5.41) is 13.2. The molecule has 0 saturated heterocycles. The Bertz CT molecular complexity index is 1550. The Hall–Kier alpha value is -4.94. The van der Waals surface area contributed by atoms with E-state index in [2.05, 4.69) is 27.1 Å². The summed E-state index contributed by atoms with van der Waals surface area (Å²) in [7, 11) is 1.30. The first-order valence-corrected chi connectivity index (χ1v) is 11.1. The van der Waals surface area contributed by atoms with Crippen molar-refractivity contribution in [3.8, 4) is 28.1 Å². The minimum Gasteiger partial charge on any atom is -0.496 e. The molecule has 0 radical (unpaired) electrons. The number of carbonyl (C=O) groups is 2. The fourth-order valence-electron chi connectivity index (χ4n) is 3.65. The van der Waals surface area contributed by atoms with Crippen molar-refractivity contribution < 1.29 is 27.5 Å². The Morgan fingerprint density at radius 3 is 2.45 bits per heavy atom. The van der Waals surface area contributed by atoms with Gasteiger partial charge < -0.3 is 21.1 Å². The second-order valence-corrected chi connectivity index (χ2v) is 8.23. The number of ether oxygens (including phenoxy) is 1. The zero-order valence-electron chi connectivity index (χ0n) is 20.3. The van der Waals surface area contributed by atoms with Gasteiger partial charge in [0.05, 0.1) is 12.7 Å². The van der Waals surface area contributed by atoms with Crippen molar-refractivity contribution >= 4 is 28.8 Å². The van der Waals surface area contributed by atoms with Crippen LogP contribution in [-0.2, 0) is 4.79 Å². The van der Waals surface area contributed by atoms with E-state index >= 15 is 0 Å². The van der Waals surface area contributed by atoms with Crippen LogP contribution in [0.1, 0.15) is 17.3 Å². The number of nitrogens with zero attached hydrogens (tertiary/aromatic N) is 4. The molecule has 13 heteroatoms. The fraction of sp³-hybridized carbons (Fsp3) is 0.160. The predicted octanol–water partition coefficient (Wildman–Crippen LogP) is 3.86. The van der Waals surface area contributed by atoms with Gasteiger partial charge in [-0.15, -0.1) is 14.8 Å². The van der Waals surface area contributed by atoms with Crippen LogP contribution in [0.25, 0.3) is 27.9 Å². The van der Waals surface area contributed by atoms with E-state index in [1.165, 1.54) is 30.2 Å². The number of methoxy groups -OCH3 is 1. The third kappa shape index (κ3) is 5.40. The third-order valence-corrected chi connectivity index (χ3v) is 5.46. The summed E-state index contributed by atoms with van der Waals surface area (Å²) in [6.45, 7) is 3.73. The zero-order chi connectivity index (χ0) is 27.6. The number of alkyl halides is 3. The van der Waals surface area contributed by atoms with Gasteiger partial charge in [0.1, 0.15) is 29.8 Å². The summed E-state index contributed by atoms with van der Waals surface area (Å²) < 4.78 is 44.3. The Morgan fingerprint density at radius 2 is 1.82 bits per heavy atom. The van der Waals surface area contributed by atoms with E-state index in [9.17, 15) is 22.8 Å². The molecule has 2 heterocycles. The number of aromatic nitrogens is 4. The van der Waals surface area contributed by atoms with E-state index in [4.69, 9.17) is 10.5 Å². The number of nitrogens with one attached hydrogen (secondary N) is 2. The smallest absolute Gasteiger partial charge is 0.405 e. The van der Waals surface area contributed by atoms with Gasteiger partial charge in [-0.3, -0.25) is 9.59 Å². The lowest BCUT2D eigenvalue weighted by Gasteiger charge is -2.13. The molecule has 0 unspecified atom stereocenters.